The van der Waals surface area contributed by atoms with Crippen molar-refractivity contribution in [1.82, 2.24) is 10.6 Å². The maximum atomic E-state index is 11.9. The molecule has 3 N–H and O–H groups in total. The molecular weight excluding hydrogens is 292 g/mol. The SMILES string of the molecule is CC(C)(C)OC(=O)NCCC(=O)NC1(CO)CCSCC1. The van der Waals surface area contributed by atoms with Gasteiger partial charge in [0.15, 0.2) is 0 Å². The van der Waals surface area contributed by atoms with Gasteiger partial charge in [-0.3, -0.25) is 4.79 Å². The highest BCUT2D eigenvalue weighted by molar-refractivity contribution is 7.99. The molecule has 1 heterocycles. The Hall–Kier alpha value is -0.950. The molecule has 0 aromatic carbocycles. The normalized spacial score (nSPS) is 17.9. The topological polar surface area (TPSA) is 87.7 Å². The quantitative estimate of drug-likeness (QED) is 0.711. The van der Waals surface area contributed by atoms with Gasteiger partial charge in [-0.25, -0.2) is 4.79 Å². The van der Waals surface area contributed by atoms with E-state index in [2.05, 4.69) is 10.6 Å². The number of hydrogen-bond acceptors (Lipinski definition) is 5. The number of thioether (sulfide) groups is 1. The molecule has 0 saturated carbocycles. The first-order valence-corrected chi connectivity index (χ1v) is 8.38. The first kappa shape index (κ1) is 18.1. The van der Waals surface area contributed by atoms with Crippen LogP contribution in [0.25, 0.3) is 0 Å². The van der Waals surface area contributed by atoms with Crippen LogP contribution in [0.4, 0.5) is 4.79 Å². The maximum absolute atomic E-state index is 11.9. The van der Waals surface area contributed by atoms with E-state index >= 15 is 0 Å². The van der Waals surface area contributed by atoms with Crippen molar-refractivity contribution in [3.8, 4) is 0 Å². The van der Waals surface area contributed by atoms with Crippen molar-refractivity contribution in [1.29, 1.82) is 0 Å². The molecule has 6 nitrogen and oxygen atoms in total. The van der Waals surface area contributed by atoms with E-state index in [4.69, 9.17) is 4.74 Å². The Morgan fingerprint density at radius 2 is 1.90 bits per heavy atom. The van der Waals surface area contributed by atoms with Gasteiger partial charge in [0.05, 0.1) is 12.1 Å². The lowest BCUT2D eigenvalue weighted by atomic mass is 9.93. The van der Waals surface area contributed by atoms with Gasteiger partial charge in [-0.2, -0.15) is 11.8 Å². The number of aliphatic hydroxyl groups excluding tert-OH is 1. The third-order valence-electron chi connectivity index (χ3n) is 3.18. The standard InChI is InChI=1S/C14H26N2O4S/c1-13(2,3)20-12(19)15-7-4-11(18)16-14(10-17)5-8-21-9-6-14/h17H,4-10H2,1-3H3,(H,15,19)(H,16,18). The molecule has 0 aromatic rings. The van der Waals surface area contributed by atoms with E-state index in [1.807, 2.05) is 11.8 Å². The number of rotatable bonds is 5. The summed E-state index contributed by atoms with van der Waals surface area (Å²) < 4.78 is 5.09. The highest BCUT2D eigenvalue weighted by atomic mass is 32.2. The first-order valence-electron chi connectivity index (χ1n) is 7.23. The van der Waals surface area contributed by atoms with Crippen LogP contribution in [0.2, 0.25) is 0 Å². The average molecular weight is 318 g/mol. The number of aliphatic hydroxyl groups is 1. The Balaban J connectivity index is 2.29. The van der Waals surface area contributed by atoms with Gasteiger partial charge in [-0.1, -0.05) is 0 Å². The molecule has 0 aromatic heterocycles. The number of alkyl carbamates (subject to hydrolysis) is 1. The molecule has 122 valence electrons. The Morgan fingerprint density at radius 3 is 2.43 bits per heavy atom. The number of carbonyl (C=O) groups is 2. The highest BCUT2D eigenvalue weighted by Gasteiger charge is 2.32. The van der Waals surface area contributed by atoms with Crippen LogP contribution in [-0.4, -0.2) is 52.9 Å². The molecule has 0 bridgehead atoms. The molecule has 1 fully saturated rings. The minimum absolute atomic E-state index is 0.0429. The first-order chi connectivity index (χ1) is 9.76. The summed E-state index contributed by atoms with van der Waals surface area (Å²) in [7, 11) is 0. The van der Waals surface area contributed by atoms with Crippen LogP contribution in [0.1, 0.15) is 40.0 Å². The lowest BCUT2D eigenvalue weighted by Crippen LogP contribution is -2.54. The van der Waals surface area contributed by atoms with E-state index in [9.17, 15) is 14.7 Å². The molecule has 1 aliphatic heterocycles. The molecule has 1 saturated heterocycles. The number of nitrogens with one attached hydrogen (secondary N) is 2. The average Bonchev–Trinajstić information content (AvgIpc) is 2.37. The molecule has 2 amide bonds. The predicted octanol–water partition coefficient (Wildman–Crippen LogP) is 1.28. The van der Waals surface area contributed by atoms with E-state index in [1.54, 1.807) is 20.8 Å². The Labute approximate surface area is 130 Å². The number of ether oxygens (including phenoxy) is 1. The van der Waals surface area contributed by atoms with Crippen LogP contribution in [0.15, 0.2) is 0 Å². The van der Waals surface area contributed by atoms with Crippen molar-refractivity contribution in [2.24, 2.45) is 0 Å². The molecule has 21 heavy (non-hydrogen) atoms. The van der Waals surface area contributed by atoms with Gasteiger partial charge in [0.25, 0.3) is 0 Å². The molecule has 7 heteroatoms. The van der Waals surface area contributed by atoms with Gasteiger partial charge in [-0.05, 0) is 45.1 Å². The van der Waals surface area contributed by atoms with Crippen LogP contribution in [0.3, 0.4) is 0 Å². The van der Waals surface area contributed by atoms with Crippen LogP contribution in [-0.2, 0) is 9.53 Å². The van der Waals surface area contributed by atoms with E-state index in [-0.39, 0.29) is 25.5 Å². The molecule has 0 spiro atoms. The van der Waals surface area contributed by atoms with Crippen molar-refractivity contribution in [3.63, 3.8) is 0 Å². The monoisotopic (exact) mass is 318 g/mol. The molecule has 0 aliphatic carbocycles. The second kappa shape index (κ2) is 7.89. The van der Waals surface area contributed by atoms with E-state index in [0.29, 0.717) is 0 Å². The second-order valence-corrected chi connectivity index (χ2v) is 7.50. The third-order valence-corrected chi connectivity index (χ3v) is 4.16. The zero-order chi connectivity index (χ0) is 15.9. The smallest absolute Gasteiger partial charge is 0.407 e. The molecular formula is C14H26N2O4S. The van der Waals surface area contributed by atoms with Crippen molar-refractivity contribution >= 4 is 23.8 Å². The van der Waals surface area contributed by atoms with Crippen molar-refractivity contribution in [3.05, 3.63) is 0 Å². The summed E-state index contributed by atoms with van der Waals surface area (Å²) in [5.41, 5.74) is -1.04. The van der Waals surface area contributed by atoms with Crippen LogP contribution >= 0.6 is 11.8 Å². The van der Waals surface area contributed by atoms with E-state index < -0.39 is 17.2 Å². The van der Waals surface area contributed by atoms with Crippen molar-refractivity contribution < 1.29 is 19.4 Å². The largest absolute Gasteiger partial charge is 0.444 e. The lowest BCUT2D eigenvalue weighted by molar-refractivity contribution is -0.123. The highest BCUT2D eigenvalue weighted by Crippen LogP contribution is 2.26. The minimum Gasteiger partial charge on any atom is -0.444 e. The zero-order valence-electron chi connectivity index (χ0n) is 13.0. The molecule has 0 radical (unpaired) electrons. The summed E-state index contributed by atoms with van der Waals surface area (Å²) >= 11 is 1.83. The van der Waals surface area contributed by atoms with Crippen molar-refractivity contribution in [2.45, 2.75) is 51.2 Å². The zero-order valence-corrected chi connectivity index (χ0v) is 13.8. The van der Waals surface area contributed by atoms with E-state index in [0.717, 1.165) is 24.3 Å². The maximum Gasteiger partial charge on any atom is 0.407 e. The summed E-state index contributed by atoms with van der Waals surface area (Å²) in [6.45, 7) is 5.53. The fourth-order valence-electron chi connectivity index (χ4n) is 2.04. The van der Waals surface area contributed by atoms with Gasteiger partial charge < -0.3 is 20.5 Å². The fourth-order valence-corrected chi connectivity index (χ4v) is 3.31. The Morgan fingerprint density at radius 1 is 1.29 bits per heavy atom. The predicted molar refractivity (Wildman–Crippen MR) is 83.4 cm³/mol. The van der Waals surface area contributed by atoms with Crippen molar-refractivity contribution in [2.75, 3.05) is 24.7 Å². The van der Waals surface area contributed by atoms with E-state index in [1.165, 1.54) is 0 Å². The summed E-state index contributed by atoms with van der Waals surface area (Å²) in [5, 5.41) is 15.0. The number of carbonyl (C=O) groups excluding carboxylic acids is 2. The molecule has 0 unspecified atom stereocenters. The minimum atomic E-state index is -0.549. The van der Waals surface area contributed by atoms with Gasteiger partial charge in [-0.15, -0.1) is 0 Å². The summed E-state index contributed by atoms with van der Waals surface area (Å²) in [5.74, 6) is 1.72. The summed E-state index contributed by atoms with van der Waals surface area (Å²) in [6.07, 6.45) is 1.20. The summed E-state index contributed by atoms with van der Waals surface area (Å²) in [4.78, 5) is 23.4. The van der Waals surface area contributed by atoms with Gasteiger partial charge in [0.1, 0.15) is 5.60 Å². The molecule has 0 atom stereocenters. The number of hydrogen-bond donors (Lipinski definition) is 3. The fraction of sp³-hybridized carbons (Fsp3) is 0.857. The van der Waals surface area contributed by atoms with Gasteiger partial charge >= 0.3 is 6.09 Å². The molecule has 1 aliphatic rings. The Kier molecular flexibility index (Phi) is 6.80. The van der Waals surface area contributed by atoms with Gasteiger partial charge in [0, 0.05) is 13.0 Å². The van der Waals surface area contributed by atoms with Crippen LogP contribution in [0.5, 0.6) is 0 Å². The second-order valence-electron chi connectivity index (χ2n) is 6.28. The van der Waals surface area contributed by atoms with Crippen LogP contribution in [0, 0.1) is 0 Å². The van der Waals surface area contributed by atoms with Crippen LogP contribution < -0.4 is 10.6 Å². The Bertz CT molecular complexity index is 362. The molecule has 1 rings (SSSR count). The van der Waals surface area contributed by atoms with Gasteiger partial charge in [0.2, 0.25) is 5.91 Å². The summed E-state index contributed by atoms with van der Waals surface area (Å²) in [6, 6.07) is 0. The number of amides is 2. The lowest BCUT2D eigenvalue weighted by Gasteiger charge is -2.36. The third kappa shape index (κ3) is 7.04.